The summed E-state index contributed by atoms with van der Waals surface area (Å²) in [5.41, 5.74) is 1.83. The minimum atomic E-state index is -2.87. The molecule has 0 amide bonds. The van der Waals surface area contributed by atoms with Crippen LogP contribution in [0.15, 0.2) is 23.6 Å². The quantitative estimate of drug-likeness (QED) is 0.851. The first-order chi connectivity index (χ1) is 10.1. The number of hydrogen-bond acceptors (Lipinski definition) is 5. The third kappa shape index (κ3) is 4.64. The second-order valence-electron chi connectivity index (χ2n) is 4.35. The molecule has 1 aromatic heterocycles. The zero-order valence-corrected chi connectivity index (χ0v) is 12.5. The molecule has 0 radical (unpaired) electrons. The van der Waals surface area contributed by atoms with Crippen molar-refractivity contribution in [2.45, 2.75) is 26.6 Å². The second-order valence-corrected chi connectivity index (χ2v) is 5.29. The minimum absolute atomic E-state index is 0.0388. The molecule has 0 atom stereocenters. The predicted octanol–water partition coefficient (Wildman–Crippen LogP) is 3.35. The van der Waals surface area contributed by atoms with Gasteiger partial charge in [-0.05, 0) is 24.6 Å². The van der Waals surface area contributed by atoms with Crippen LogP contribution in [-0.4, -0.2) is 18.7 Å². The van der Waals surface area contributed by atoms with E-state index in [9.17, 15) is 8.78 Å². The van der Waals surface area contributed by atoms with Gasteiger partial charge in [-0.25, -0.2) is 4.98 Å². The molecular weight excluding hydrogens is 298 g/mol. The maximum Gasteiger partial charge on any atom is 0.387 e. The van der Waals surface area contributed by atoms with Gasteiger partial charge in [-0.3, -0.25) is 0 Å². The van der Waals surface area contributed by atoms with Gasteiger partial charge in [0.25, 0.3) is 0 Å². The Morgan fingerprint density at radius 2 is 2.10 bits per heavy atom. The molecule has 2 aromatic rings. The van der Waals surface area contributed by atoms with Crippen molar-refractivity contribution >= 4 is 11.3 Å². The Hall–Kier alpha value is -1.73. The van der Waals surface area contributed by atoms with Crippen LogP contribution in [0.4, 0.5) is 8.78 Å². The first kappa shape index (κ1) is 15.7. The Bertz CT molecular complexity index is 590. The molecule has 0 unspecified atom stereocenters. The van der Waals surface area contributed by atoms with Gasteiger partial charge in [0.05, 0.1) is 7.11 Å². The SMILES string of the molecule is COc1ccc(CNCc2nc(C)cs2)cc1OC(F)F. The van der Waals surface area contributed by atoms with Gasteiger partial charge in [-0.2, -0.15) is 8.78 Å². The lowest BCUT2D eigenvalue weighted by Crippen LogP contribution is -2.13. The van der Waals surface area contributed by atoms with Crippen LogP contribution < -0.4 is 14.8 Å². The van der Waals surface area contributed by atoms with Crippen molar-refractivity contribution in [3.05, 3.63) is 39.8 Å². The maximum atomic E-state index is 12.3. The molecule has 1 aromatic carbocycles. The molecule has 0 spiro atoms. The van der Waals surface area contributed by atoms with Crippen LogP contribution in [0.25, 0.3) is 0 Å². The van der Waals surface area contributed by atoms with Crippen molar-refractivity contribution in [3.63, 3.8) is 0 Å². The molecular formula is C14H16F2N2O2S. The van der Waals surface area contributed by atoms with Crippen LogP contribution in [-0.2, 0) is 13.1 Å². The van der Waals surface area contributed by atoms with E-state index in [1.807, 2.05) is 12.3 Å². The number of rotatable bonds is 7. The van der Waals surface area contributed by atoms with E-state index in [4.69, 9.17) is 4.74 Å². The molecule has 4 nitrogen and oxygen atoms in total. The van der Waals surface area contributed by atoms with E-state index in [0.29, 0.717) is 13.1 Å². The molecule has 0 saturated carbocycles. The number of hydrogen-bond donors (Lipinski definition) is 1. The van der Waals surface area contributed by atoms with Gasteiger partial charge in [0.15, 0.2) is 11.5 Å². The van der Waals surface area contributed by atoms with Crippen LogP contribution >= 0.6 is 11.3 Å². The average Bonchev–Trinajstić information content (AvgIpc) is 2.84. The Morgan fingerprint density at radius 3 is 2.71 bits per heavy atom. The topological polar surface area (TPSA) is 43.4 Å². The van der Waals surface area contributed by atoms with Crippen LogP contribution in [0.2, 0.25) is 0 Å². The number of halogens is 2. The van der Waals surface area contributed by atoms with Crippen molar-refractivity contribution in [1.82, 2.24) is 10.3 Å². The number of nitrogens with one attached hydrogen (secondary N) is 1. The Kier molecular flexibility index (Phi) is 5.46. The molecule has 7 heteroatoms. The number of aromatic nitrogens is 1. The van der Waals surface area contributed by atoms with E-state index in [2.05, 4.69) is 15.0 Å². The zero-order valence-electron chi connectivity index (χ0n) is 11.7. The van der Waals surface area contributed by atoms with E-state index in [-0.39, 0.29) is 11.5 Å². The first-order valence-corrected chi connectivity index (χ1v) is 7.20. The zero-order chi connectivity index (χ0) is 15.2. The van der Waals surface area contributed by atoms with E-state index in [1.165, 1.54) is 7.11 Å². The van der Waals surface area contributed by atoms with E-state index in [1.54, 1.807) is 29.5 Å². The number of aryl methyl sites for hydroxylation is 1. The molecule has 0 aliphatic carbocycles. The molecule has 0 fully saturated rings. The Labute approximate surface area is 125 Å². The molecule has 1 N–H and O–H groups in total. The summed E-state index contributed by atoms with van der Waals surface area (Å²) in [6.07, 6.45) is 0. The first-order valence-electron chi connectivity index (χ1n) is 6.32. The van der Waals surface area contributed by atoms with Crippen molar-refractivity contribution in [2.75, 3.05) is 7.11 Å². The molecule has 0 aliphatic heterocycles. The van der Waals surface area contributed by atoms with Crippen LogP contribution in [0.5, 0.6) is 11.5 Å². The molecule has 1 heterocycles. The Balaban J connectivity index is 1.96. The monoisotopic (exact) mass is 314 g/mol. The van der Waals surface area contributed by atoms with Crippen LogP contribution in [0.1, 0.15) is 16.3 Å². The smallest absolute Gasteiger partial charge is 0.387 e. The third-order valence-electron chi connectivity index (χ3n) is 2.72. The second kappa shape index (κ2) is 7.33. The number of thiazole rings is 1. The van der Waals surface area contributed by atoms with Gasteiger partial charge in [0.2, 0.25) is 0 Å². The highest BCUT2D eigenvalue weighted by molar-refractivity contribution is 7.09. The summed E-state index contributed by atoms with van der Waals surface area (Å²) in [6.45, 7) is 0.232. The average molecular weight is 314 g/mol. The minimum Gasteiger partial charge on any atom is -0.493 e. The van der Waals surface area contributed by atoms with Crippen molar-refractivity contribution in [1.29, 1.82) is 0 Å². The number of ether oxygens (including phenoxy) is 2. The van der Waals surface area contributed by atoms with Crippen LogP contribution in [0, 0.1) is 6.92 Å². The molecule has 0 aliphatic rings. The third-order valence-corrected chi connectivity index (χ3v) is 3.68. The summed E-state index contributed by atoms with van der Waals surface area (Å²) < 4.78 is 34.1. The van der Waals surface area contributed by atoms with Crippen molar-refractivity contribution < 1.29 is 18.3 Å². The van der Waals surface area contributed by atoms with E-state index >= 15 is 0 Å². The highest BCUT2D eigenvalue weighted by Gasteiger charge is 2.11. The highest BCUT2D eigenvalue weighted by Crippen LogP contribution is 2.29. The fraction of sp³-hybridized carbons (Fsp3) is 0.357. The molecule has 0 bridgehead atoms. The summed E-state index contributed by atoms with van der Waals surface area (Å²) in [4.78, 5) is 4.34. The van der Waals surface area contributed by atoms with E-state index in [0.717, 1.165) is 16.3 Å². The van der Waals surface area contributed by atoms with Gasteiger partial charge >= 0.3 is 6.61 Å². The van der Waals surface area contributed by atoms with Crippen molar-refractivity contribution in [2.24, 2.45) is 0 Å². The number of alkyl halides is 2. The van der Waals surface area contributed by atoms with Gasteiger partial charge in [-0.1, -0.05) is 6.07 Å². The lowest BCUT2D eigenvalue weighted by molar-refractivity contribution is -0.0512. The predicted molar refractivity (Wildman–Crippen MR) is 77.0 cm³/mol. The summed E-state index contributed by atoms with van der Waals surface area (Å²) in [7, 11) is 1.41. The van der Waals surface area contributed by atoms with Crippen LogP contribution in [0.3, 0.4) is 0 Å². The number of benzene rings is 1. The largest absolute Gasteiger partial charge is 0.493 e. The summed E-state index contributed by atoms with van der Waals surface area (Å²) in [6, 6.07) is 4.96. The van der Waals surface area contributed by atoms with E-state index < -0.39 is 6.61 Å². The Morgan fingerprint density at radius 1 is 1.29 bits per heavy atom. The lowest BCUT2D eigenvalue weighted by Gasteiger charge is -2.11. The van der Waals surface area contributed by atoms with Gasteiger partial charge in [0.1, 0.15) is 5.01 Å². The van der Waals surface area contributed by atoms with Gasteiger partial charge < -0.3 is 14.8 Å². The summed E-state index contributed by atoms with van der Waals surface area (Å²) in [5.74, 6) is 0.325. The molecule has 2 rings (SSSR count). The molecule has 114 valence electrons. The van der Waals surface area contributed by atoms with Gasteiger partial charge in [-0.15, -0.1) is 11.3 Å². The number of nitrogens with zero attached hydrogens (tertiary/aromatic N) is 1. The summed E-state index contributed by atoms with van der Waals surface area (Å²) >= 11 is 1.58. The number of methoxy groups -OCH3 is 1. The van der Waals surface area contributed by atoms with Crippen molar-refractivity contribution in [3.8, 4) is 11.5 Å². The lowest BCUT2D eigenvalue weighted by atomic mass is 10.2. The fourth-order valence-electron chi connectivity index (χ4n) is 1.82. The normalized spacial score (nSPS) is 10.9. The fourth-order valence-corrected chi connectivity index (χ4v) is 2.56. The van der Waals surface area contributed by atoms with Gasteiger partial charge in [0, 0.05) is 24.2 Å². The molecule has 0 saturated heterocycles. The summed E-state index contributed by atoms with van der Waals surface area (Å²) in [5, 5.41) is 6.19. The standard InChI is InChI=1S/C14H16F2N2O2S/c1-9-8-21-13(18-9)7-17-6-10-3-4-11(19-2)12(5-10)20-14(15)16/h3-5,8,14,17H,6-7H2,1-2H3. The molecule has 21 heavy (non-hydrogen) atoms. The maximum absolute atomic E-state index is 12.3. The highest BCUT2D eigenvalue weighted by atomic mass is 32.1.